The van der Waals surface area contributed by atoms with E-state index in [1.165, 1.54) is 30.0 Å². The van der Waals surface area contributed by atoms with E-state index in [4.69, 9.17) is 21.1 Å². The highest BCUT2D eigenvalue weighted by molar-refractivity contribution is 8.13. The predicted octanol–water partition coefficient (Wildman–Crippen LogP) is 3.22. The quantitative estimate of drug-likeness (QED) is 0.619. The second-order valence-electron chi connectivity index (χ2n) is 6.93. The van der Waals surface area contributed by atoms with Crippen LogP contribution in [0.2, 0.25) is 5.02 Å². The first-order valence-electron chi connectivity index (χ1n) is 9.46. The van der Waals surface area contributed by atoms with Crippen LogP contribution >= 0.6 is 23.4 Å². The van der Waals surface area contributed by atoms with Crippen LogP contribution in [0.15, 0.2) is 58.0 Å². The molecular weight excluding hydrogens is 443 g/mol. The minimum atomic E-state index is -0.515. The average molecular weight is 459 g/mol. The lowest BCUT2D eigenvalue weighted by molar-refractivity contribution is -0.121. The Labute approximate surface area is 185 Å². The molecule has 2 unspecified atom stereocenters. The standard InChI is InChI=1S/C20H16ClFN6O2S/c21-14-8-11(6-7-15(14)22)17-24-16(30-27-17)10-31-20-25-18-13(9-23-26-18)19(29)28(20)12-4-2-1-3-5-12/h1-8,13,18,23,26H,9-10H2. The summed E-state index contributed by atoms with van der Waals surface area (Å²) in [6.45, 7) is 0.515. The number of para-hydroxylation sites is 1. The number of hydrogen-bond acceptors (Lipinski definition) is 8. The van der Waals surface area contributed by atoms with Crippen molar-refractivity contribution in [3.05, 3.63) is 65.3 Å². The molecule has 2 aliphatic heterocycles. The van der Waals surface area contributed by atoms with Crippen molar-refractivity contribution in [3.63, 3.8) is 0 Å². The first-order chi connectivity index (χ1) is 15.1. The second kappa shape index (κ2) is 8.39. The molecule has 2 N–H and O–H groups in total. The number of aliphatic imine (C=N–C) groups is 1. The zero-order valence-electron chi connectivity index (χ0n) is 16.0. The minimum Gasteiger partial charge on any atom is -0.338 e. The summed E-state index contributed by atoms with van der Waals surface area (Å²) in [6.07, 6.45) is -0.324. The van der Waals surface area contributed by atoms with E-state index in [-0.39, 0.29) is 23.0 Å². The summed E-state index contributed by atoms with van der Waals surface area (Å²) in [6, 6.07) is 13.6. The Kier molecular flexibility index (Phi) is 5.45. The number of anilines is 1. The number of halogens is 2. The Morgan fingerprint density at radius 1 is 1.26 bits per heavy atom. The summed E-state index contributed by atoms with van der Waals surface area (Å²) in [5.41, 5.74) is 7.32. The number of thioether (sulfide) groups is 1. The monoisotopic (exact) mass is 458 g/mol. The van der Waals surface area contributed by atoms with E-state index in [2.05, 4.69) is 21.0 Å². The van der Waals surface area contributed by atoms with Gasteiger partial charge in [0, 0.05) is 12.1 Å². The third-order valence-corrected chi connectivity index (χ3v) is 6.14. The molecule has 2 aliphatic rings. The van der Waals surface area contributed by atoms with E-state index in [9.17, 15) is 9.18 Å². The number of carbonyl (C=O) groups excluding carboxylic acids is 1. The van der Waals surface area contributed by atoms with Gasteiger partial charge >= 0.3 is 0 Å². The van der Waals surface area contributed by atoms with Crippen molar-refractivity contribution in [3.8, 4) is 11.4 Å². The zero-order valence-corrected chi connectivity index (χ0v) is 17.5. The van der Waals surface area contributed by atoms with Crippen LogP contribution in [-0.2, 0) is 10.5 Å². The molecule has 1 saturated heterocycles. The third kappa shape index (κ3) is 3.94. The van der Waals surface area contributed by atoms with Crippen molar-refractivity contribution >= 4 is 40.1 Å². The van der Waals surface area contributed by atoms with Crippen LogP contribution < -0.4 is 15.8 Å². The molecule has 8 nitrogen and oxygen atoms in total. The van der Waals surface area contributed by atoms with Gasteiger partial charge in [-0.15, -0.1) is 0 Å². The number of fused-ring (bicyclic) bond motifs is 1. The lowest BCUT2D eigenvalue weighted by Crippen LogP contribution is -2.49. The first-order valence-corrected chi connectivity index (χ1v) is 10.8. The number of amidine groups is 1. The number of benzene rings is 2. The summed E-state index contributed by atoms with van der Waals surface area (Å²) >= 11 is 7.16. The number of nitrogens with zero attached hydrogens (tertiary/aromatic N) is 4. The molecule has 11 heteroatoms. The van der Waals surface area contributed by atoms with Gasteiger partial charge in [0.2, 0.25) is 17.6 Å². The molecule has 1 amide bonds. The lowest BCUT2D eigenvalue weighted by atomic mass is 10.1. The Balaban J connectivity index is 1.37. The number of nitrogens with one attached hydrogen (secondary N) is 2. The SMILES string of the molecule is O=C1C2CNNC2N=C(SCc2nc(-c3ccc(F)c(Cl)c3)no2)N1c1ccccc1. The van der Waals surface area contributed by atoms with Gasteiger partial charge in [-0.25, -0.2) is 14.8 Å². The van der Waals surface area contributed by atoms with Gasteiger partial charge in [0.1, 0.15) is 12.0 Å². The van der Waals surface area contributed by atoms with Gasteiger partial charge in [0.25, 0.3) is 0 Å². The molecule has 0 spiro atoms. The van der Waals surface area contributed by atoms with Crippen LogP contribution in [0.1, 0.15) is 5.89 Å². The van der Waals surface area contributed by atoms with Crippen LogP contribution in [0.25, 0.3) is 11.4 Å². The van der Waals surface area contributed by atoms with Crippen molar-refractivity contribution in [1.29, 1.82) is 0 Å². The van der Waals surface area contributed by atoms with Crippen molar-refractivity contribution < 1.29 is 13.7 Å². The normalized spacial score (nSPS) is 20.6. The molecule has 1 fully saturated rings. The molecule has 158 valence electrons. The Morgan fingerprint density at radius 2 is 2.10 bits per heavy atom. The fraction of sp³-hybridized carbons (Fsp3) is 0.200. The number of rotatable bonds is 4. The Bertz CT molecular complexity index is 1160. The molecule has 0 aliphatic carbocycles. The van der Waals surface area contributed by atoms with Gasteiger partial charge in [-0.05, 0) is 30.3 Å². The summed E-state index contributed by atoms with van der Waals surface area (Å²) in [4.78, 5) is 23.8. The molecular formula is C20H16ClFN6O2S. The van der Waals surface area contributed by atoms with E-state index in [0.717, 1.165) is 5.69 Å². The number of carbonyl (C=O) groups is 1. The highest BCUT2D eigenvalue weighted by atomic mass is 35.5. The molecule has 1 aromatic heterocycles. The maximum Gasteiger partial charge on any atom is 0.241 e. The second-order valence-corrected chi connectivity index (χ2v) is 8.28. The fourth-order valence-corrected chi connectivity index (χ4v) is 4.44. The molecule has 0 radical (unpaired) electrons. The van der Waals surface area contributed by atoms with Crippen LogP contribution in [0.4, 0.5) is 10.1 Å². The highest BCUT2D eigenvalue weighted by Gasteiger charge is 2.42. The minimum absolute atomic E-state index is 0.0148. The molecule has 3 heterocycles. The van der Waals surface area contributed by atoms with Gasteiger partial charge in [0.15, 0.2) is 5.17 Å². The highest BCUT2D eigenvalue weighted by Crippen LogP contribution is 2.30. The van der Waals surface area contributed by atoms with Crippen LogP contribution in [0.3, 0.4) is 0 Å². The van der Waals surface area contributed by atoms with E-state index < -0.39 is 5.82 Å². The number of hydrazine groups is 1. The molecule has 3 aromatic rings. The molecule has 2 aromatic carbocycles. The van der Waals surface area contributed by atoms with Gasteiger partial charge in [-0.2, -0.15) is 4.98 Å². The molecule has 0 bridgehead atoms. The maximum absolute atomic E-state index is 13.4. The first kappa shape index (κ1) is 20.1. The summed E-state index contributed by atoms with van der Waals surface area (Å²) in [5, 5.41) is 4.47. The Morgan fingerprint density at radius 3 is 2.90 bits per heavy atom. The smallest absolute Gasteiger partial charge is 0.241 e. The molecule has 2 atom stereocenters. The zero-order chi connectivity index (χ0) is 21.4. The van der Waals surface area contributed by atoms with E-state index in [1.807, 2.05) is 30.3 Å². The molecule has 5 rings (SSSR count). The predicted molar refractivity (Wildman–Crippen MR) is 116 cm³/mol. The van der Waals surface area contributed by atoms with E-state index in [1.54, 1.807) is 4.90 Å². The topological polar surface area (TPSA) is 95.6 Å². The summed E-state index contributed by atoms with van der Waals surface area (Å²) in [5.74, 6) is 0.145. The lowest BCUT2D eigenvalue weighted by Gasteiger charge is -2.32. The van der Waals surface area contributed by atoms with Crippen LogP contribution in [-0.4, -0.2) is 33.9 Å². The van der Waals surface area contributed by atoms with Crippen molar-refractivity contribution in [2.24, 2.45) is 10.9 Å². The van der Waals surface area contributed by atoms with Crippen molar-refractivity contribution in [2.75, 3.05) is 11.4 Å². The van der Waals surface area contributed by atoms with Gasteiger partial charge in [-0.3, -0.25) is 15.1 Å². The van der Waals surface area contributed by atoms with Gasteiger partial charge in [-0.1, -0.05) is 46.7 Å². The summed E-state index contributed by atoms with van der Waals surface area (Å²) in [7, 11) is 0. The molecule has 0 saturated carbocycles. The number of hydrogen-bond donors (Lipinski definition) is 2. The number of amides is 1. The van der Waals surface area contributed by atoms with Crippen LogP contribution in [0, 0.1) is 11.7 Å². The van der Waals surface area contributed by atoms with Gasteiger partial charge < -0.3 is 4.52 Å². The summed E-state index contributed by atoms with van der Waals surface area (Å²) < 4.78 is 18.7. The van der Waals surface area contributed by atoms with Crippen LogP contribution in [0.5, 0.6) is 0 Å². The average Bonchev–Trinajstić information content (AvgIpc) is 3.45. The fourth-order valence-electron chi connectivity index (χ4n) is 3.38. The Hall–Kier alpha value is -2.79. The largest absolute Gasteiger partial charge is 0.338 e. The van der Waals surface area contributed by atoms with Gasteiger partial charge in [0.05, 0.1) is 22.4 Å². The molecule has 31 heavy (non-hydrogen) atoms. The van der Waals surface area contributed by atoms with E-state index >= 15 is 0 Å². The third-order valence-electron chi connectivity index (χ3n) is 4.92. The van der Waals surface area contributed by atoms with Crippen molar-refractivity contribution in [2.45, 2.75) is 11.9 Å². The maximum atomic E-state index is 13.4. The van der Waals surface area contributed by atoms with Crippen molar-refractivity contribution in [1.82, 2.24) is 21.0 Å². The van der Waals surface area contributed by atoms with E-state index in [0.29, 0.717) is 34.7 Å². The number of aromatic nitrogens is 2.